The van der Waals surface area contributed by atoms with Crippen LogP contribution in [0.2, 0.25) is 0 Å². The van der Waals surface area contributed by atoms with Gasteiger partial charge in [0.2, 0.25) is 5.78 Å². The summed E-state index contributed by atoms with van der Waals surface area (Å²) in [7, 11) is 0. The van der Waals surface area contributed by atoms with Crippen molar-refractivity contribution in [3.8, 4) is 17.3 Å². The van der Waals surface area contributed by atoms with E-state index in [0.29, 0.717) is 16.6 Å². The van der Waals surface area contributed by atoms with Crippen molar-refractivity contribution in [2.45, 2.75) is 5.92 Å². The van der Waals surface area contributed by atoms with E-state index in [2.05, 4.69) is 4.98 Å². The zero-order chi connectivity index (χ0) is 19.7. The minimum atomic E-state index is -1.21. The molecule has 0 radical (unpaired) electrons. The molecule has 2 aromatic carbocycles. The van der Waals surface area contributed by atoms with Gasteiger partial charge in [0.1, 0.15) is 16.4 Å². The standard InChI is InChI=1S/C21H11FN2O3S/c22-13-7-5-12(6-8-13)16-11-28-21(24-16)15(10-23)20(26)19-9-17(25)14-3-1-2-4-18(14)27-19/h1-9,11,15H/t15-/m0/s1. The van der Waals surface area contributed by atoms with Crippen molar-refractivity contribution in [2.75, 3.05) is 0 Å². The second-order valence-corrected chi connectivity index (χ2v) is 6.86. The second-order valence-electron chi connectivity index (χ2n) is 5.98. The first kappa shape index (κ1) is 17.8. The summed E-state index contributed by atoms with van der Waals surface area (Å²) in [6.45, 7) is 0. The van der Waals surface area contributed by atoms with Crippen molar-refractivity contribution in [3.63, 3.8) is 0 Å². The Bertz CT molecular complexity index is 1290. The fraction of sp³-hybridized carbons (Fsp3) is 0.0476. The van der Waals surface area contributed by atoms with E-state index in [0.717, 1.165) is 17.4 Å². The summed E-state index contributed by atoms with van der Waals surface area (Å²) in [6.07, 6.45) is 0. The van der Waals surface area contributed by atoms with Crippen LogP contribution in [0.3, 0.4) is 0 Å². The topological polar surface area (TPSA) is 84.0 Å². The number of aromatic nitrogens is 1. The smallest absolute Gasteiger partial charge is 0.222 e. The van der Waals surface area contributed by atoms with Crippen LogP contribution < -0.4 is 5.43 Å². The van der Waals surface area contributed by atoms with Crippen molar-refractivity contribution >= 4 is 28.1 Å². The normalized spacial score (nSPS) is 11.9. The average Bonchev–Trinajstić information content (AvgIpc) is 3.19. The van der Waals surface area contributed by atoms with Crippen LogP contribution in [0.15, 0.2) is 69.2 Å². The molecule has 0 aliphatic carbocycles. The zero-order valence-corrected chi connectivity index (χ0v) is 15.1. The number of hydrogen-bond acceptors (Lipinski definition) is 6. The Kier molecular flexibility index (Phi) is 4.55. The molecule has 0 spiro atoms. The number of Topliss-reactive ketones (excluding diaryl/α,β-unsaturated/α-hetero) is 1. The fourth-order valence-corrected chi connectivity index (χ4v) is 3.64. The van der Waals surface area contributed by atoms with Gasteiger partial charge in [-0.25, -0.2) is 9.37 Å². The number of thiazole rings is 1. The summed E-state index contributed by atoms with van der Waals surface area (Å²) >= 11 is 1.14. The molecule has 0 unspecified atom stereocenters. The van der Waals surface area contributed by atoms with Crippen LogP contribution in [0.25, 0.3) is 22.2 Å². The third-order valence-electron chi connectivity index (χ3n) is 4.18. The van der Waals surface area contributed by atoms with Gasteiger partial charge >= 0.3 is 0 Å². The van der Waals surface area contributed by atoms with Crippen LogP contribution in [0.5, 0.6) is 0 Å². The predicted octanol–water partition coefficient (Wildman–Crippen LogP) is 4.55. The number of hydrogen-bond donors (Lipinski definition) is 0. The van der Waals surface area contributed by atoms with Gasteiger partial charge in [-0.3, -0.25) is 9.59 Å². The number of benzene rings is 2. The van der Waals surface area contributed by atoms with Crippen molar-refractivity contribution in [2.24, 2.45) is 0 Å². The number of ketones is 1. The van der Waals surface area contributed by atoms with Crippen LogP contribution in [-0.4, -0.2) is 10.8 Å². The highest BCUT2D eigenvalue weighted by molar-refractivity contribution is 7.10. The number of nitrogens with zero attached hydrogens (tertiary/aromatic N) is 2. The number of fused-ring (bicyclic) bond motifs is 1. The van der Waals surface area contributed by atoms with Crippen molar-refractivity contribution < 1.29 is 13.6 Å². The Morgan fingerprint density at radius 1 is 1.18 bits per heavy atom. The number of carbonyl (C=O) groups excluding carboxylic acids is 1. The maximum Gasteiger partial charge on any atom is 0.222 e. The van der Waals surface area contributed by atoms with Gasteiger partial charge in [-0.1, -0.05) is 12.1 Å². The van der Waals surface area contributed by atoms with Crippen LogP contribution in [-0.2, 0) is 0 Å². The van der Waals surface area contributed by atoms with Gasteiger partial charge in [0.05, 0.1) is 17.1 Å². The Hall–Kier alpha value is -3.63. The fourth-order valence-electron chi connectivity index (χ4n) is 2.77. The Balaban J connectivity index is 1.70. The SMILES string of the molecule is N#C[C@@H](C(=O)c1cc(=O)c2ccccc2o1)c1nc(-c2ccc(F)cc2)cs1. The highest BCUT2D eigenvalue weighted by atomic mass is 32.1. The first-order chi connectivity index (χ1) is 13.6. The molecule has 5 nitrogen and oxygen atoms in total. The highest BCUT2D eigenvalue weighted by Crippen LogP contribution is 2.29. The third-order valence-corrected chi connectivity index (χ3v) is 5.09. The molecule has 0 bridgehead atoms. The molecule has 7 heteroatoms. The molecule has 28 heavy (non-hydrogen) atoms. The van der Waals surface area contributed by atoms with Crippen LogP contribution in [0.1, 0.15) is 21.5 Å². The van der Waals surface area contributed by atoms with Crippen molar-refractivity contribution in [3.05, 3.63) is 86.8 Å². The molecule has 4 rings (SSSR count). The molecule has 0 aliphatic rings. The van der Waals surface area contributed by atoms with Crippen LogP contribution >= 0.6 is 11.3 Å². The van der Waals surface area contributed by atoms with E-state index in [-0.39, 0.29) is 27.6 Å². The highest BCUT2D eigenvalue weighted by Gasteiger charge is 2.28. The second kappa shape index (κ2) is 7.18. The summed E-state index contributed by atoms with van der Waals surface area (Å²) < 4.78 is 18.6. The number of nitriles is 1. The monoisotopic (exact) mass is 390 g/mol. The van der Waals surface area contributed by atoms with Crippen molar-refractivity contribution in [1.29, 1.82) is 5.26 Å². The number of carbonyl (C=O) groups is 1. The van der Waals surface area contributed by atoms with Gasteiger partial charge in [-0.05, 0) is 36.4 Å². The Labute approximate surface area is 162 Å². The van der Waals surface area contributed by atoms with Gasteiger partial charge in [0.15, 0.2) is 17.1 Å². The molecule has 0 aliphatic heterocycles. The largest absolute Gasteiger partial charge is 0.453 e. The summed E-state index contributed by atoms with van der Waals surface area (Å²) in [5.41, 5.74) is 1.13. The summed E-state index contributed by atoms with van der Waals surface area (Å²) in [5, 5.41) is 11.9. The molecular formula is C21H11FN2O3S. The van der Waals surface area contributed by atoms with Gasteiger partial charge in [0.25, 0.3) is 0 Å². The van der Waals surface area contributed by atoms with Gasteiger partial charge in [0, 0.05) is 17.0 Å². The summed E-state index contributed by atoms with van der Waals surface area (Å²) in [4.78, 5) is 29.4. The Morgan fingerprint density at radius 2 is 1.93 bits per heavy atom. The van der Waals surface area contributed by atoms with E-state index in [1.54, 1.807) is 41.8 Å². The van der Waals surface area contributed by atoms with E-state index >= 15 is 0 Å². The first-order valence-corrected chi connectivity index (χ1v) is 9.13. The minimum Gasteiger partial charge on any atom is -0.453 e. The molecular weight excluding hydrogens is 379 g/mol. The lowest BCUT2D eigenvalue weighted by molar-refractivity contribution is 0.0952. The van der Waals surface area contributed by atoms with Crippen LogP contribution in [0, 0.1) is 17.1 Å². The van der Waals surface area contributed by atoms with Crippen LogP contribution in [0.4, 0.5) is 4.39 Å². The molecule has 0 amide bonds. The maximum atomic E-state index is 13.1. The van der Waals surface area contributed by atoms with Gasteiger partial charge in [-0.2, -0.15) is 5.26 Å². The zero-order valence-electron chi connectivity index (χ0n) is 14.3. The molecule has 4 aromatic rings. The van der Waals surface area contributed by atoms with Gasteiger partial charge < -0.3 is 4.42 Å². The average molecular weight is 390 g/mol. The van der Waals surface area contributed by atoms with E-state index in [1.165, 1.54) is 12.1 Å². The first-order valence-electron chi connectivity index (χ1n) is 8.25. The van der Waals surface area contributed by atoms with E-state index in [4.69, 9.17) is 4.42 Å². The molecule has 136 valence electrons. The van der Waals surface area contributed by atoms with Gasteiger partial charge in [-0.15, -0.1) is 11.3 Å². The van der Waals surface area contributed by atoms with E-state index < -0.39 is 11.7 Å². The van der Waals surface area contributed by atoms with E-state index in [9.17, 15) is 19.2 Å². The van der Waals surface area contributed by atoms with Crippen molar-refractivity contribution in [1.82, 2.24) is 4.98 Å². The lowest BCUT2D eigenvalue weighted by Gasteiger charge is -2.05. The molecule has 0 saturated heterocycles. The molecule has 0 fully saturated rings. The molecule has 0 N–H and O–H groups in total. The number of rotatable bonds is 4. The third kappa shape index (κ3) is 3.21. The van der Waals surface area contributed by atoms with E-state index in [1.807, 2.05) is 6.07 Å². The molecule has 2 heterocycles. The predicted molar refractivity (Wildman–Crippen MR) is 103 cm³/mol. The summed E-state index contributed by atoms with van der Waals surface area (Å²) in [5.74, 6) is -2.39. The lowest BCUT2D eigenvalue weighted by Crippen LogP contribution is -2.14. The Morgan fingerprint density at radius 3 is 2.68 bits per heavy atom. The summed E-state index contributed by atoms with van der Waals surface area (Å²) in [6, 6.07) is 15.4. The molecule has 0 saturated carbocycles. The number of halogens is 1. The number of para-hydroxylation sites is 1. The lowest BCUT2D eigenvalue weighted by atomic mass is 10.0. The maximum absolute atomic E-state index is 13.1. The quantitative estimate of drug-likeness (QED) is 0.478. The molecule has 2 aromatic heterocycles. The minimum absolute atomic E-state index is 0.186. The molecule has 1 atom stereocenters.